The molecule has 2 aromatic carbocycles. The summed E-state index contributed by atoms with van der Waals surface area (Å²) in [5.74, 6) is 0.0594. The molecule has 0 aromatic heterocycles. The SMILES string of the molecule is COc1ccc(OC)c(NC(=O)COC(=O)c2ccc(CN3CCCC3=O)cc2)c1. The van der Waals surface area contributed by atoms with Gasteiger partial charge in [-0.2, -0.15) is 0 Å². The minimum Gasteiger partial charge on any atom is -0.497 e. The van der Waals surface area contributed by atoms with Crippen LogP contribution in [0, 0.1) is 0 Å². The summed E-state index contributed by atoms with van der Waals surface area (Å²) in [6.45, 7) is 0.845. The van der Waals surface area contributed by atoms with E-state index in [0.29, 0.717) is 35.7 Å². The van der Waals surface area contributed by atoms with Crippen LogP contribution in [0.3, 0.4) is 0 Å². The van der Waals surface area contributed by atoms with E-state index >= 15 is 0 Å². The first-order valence-corrected chi connectivity index (χ1v) is 9.56. The summed E-state index contributed by atoms with van der Waals surface area (Å²) in [7, 11) is 3.00. The molecular weight excluding hydrogens is 388 g/mol. The Balaban J connectivity index is 1.52. The molecule has 2 aromatic rings. The number of carbonyl (C=O) groups is 3. The molecule has 0 atom stereocenters. The molecule has 30 heavy (non-hydrogen) atoms. The zero-order chi connectivity index (χ0) is 21.5. The van der Waals surface area contributed by atoms with Gasteiger partial charge in [-0.25, -0.2) is 4.79 Å². The first kappa shape index (κ1) is 21.2. The third kappa shape index (κ3) is 5.28. The predicted octanol–water partition coefficient (Wildman–Crippen LogP) is 2.62. The second kappa shape index (κ2) is 9.78. The third-order valence-corrected chi connectivity index (χ3v) is 4.75. The lowest BCUT2D eigenvalue weighted by molar-refractivity contribution is -0.128. The Morgan fingerprint density at radius 1 is 1.07 bits per heavy atom. The number of nitrogens with one attached hydrogen (secondary N) is 1. The number of methoxy groups -OCH3 is 2. The van der Waals surface area contributed by atoms with E-state index in [2.05, 4.69) is 5.32 Å². The molecule has 1 fully saturated rings. The Morgan fingerprint density at radius 2 is 1.83 bits per heavy atom. The molecule has 0 radical (unpaired) electrons. The van der Waals surface area contributed by atoms with Gasteiger partial charge in [0.2, 0.25) is 5.91 Å². The summed E-state index contributed by atoms with van der Waals surface area (Å²) in [6.07, 6.45) is 1.47. The first-order chi connectivity index (χ1) is 14.5. The number of ether oxygens (including phenoxy) is 3. The highest BCUT2D eigenvalue weighted by atomic mass is 16.5. The maximum absolute atomic E-state index is 12.2. The van der Waals surface area contributed by atoms with E-state index in [-0.39, 0.29) is 5.91 Å². The van der Waals surface area contributed by atoms with Crippen molar-refractivity contribution in [2.45, 2.75) is 19.4 Å². The van der Waals surface area contributed by atoms with Crippen molar-refractivity contribution in [1.29, 1.82) is 0 Å². The first-order valence-electron chi connectivity index (χ1n) is 9.56. The maximum Gasteiger partial charge on any atom is 0.338 e. The van der Waals surface area contributed by atoms with Crippen molar-refractivity contribution in [3.8, 4) is 11.5 Å². The lowest BCUT2D eigenvalue weighted by atomic mass is 10.1. The van der Waals surface area contributed by atoms with Gasteiger partial charge < -0.3 is 24.4 Å². The van der Waals surface area contributed by atoms with Gasteiger partial charge in [0.15, 0.2) is 6.61 Å². The summed E-state index contributed by atoms with van der Waals surface area (Å²) < 4.78 is 15.4. The van der Waals surface area contributed by atoms with E-state index in [1.807, 2.05) is 0 Å². The zero-order valence-corrected chi connectivity index (χ0v) is 17.0. The average Bonchev–Trinajstić information content (AvgIpc) is 3.16. The van der Waals surface area contributed by atoms with Gasteiger partial charge in [0, 0.05) is 25.6 Å². The fourth-order valence-electron chi connectivity index (χ4n) is 3.15. The smallest absolute Gasteiger partial charge is 0.338 e. The van der Waals surface area contributed by atoms with Crippen LogP contribution in [0.5, 0.6) is 11.5 Å². The number of anilines is 1. The molecular formula is C22H24N2O6. The van der Waals surface area contributed by atoms with Crippen molar-refractivity contribution in [2.75, 3.05) is 32.7 Å². The predicted molar refractivity (Wildman–Crippen MR) is 110 cm³/mol. The topological polar surface area (TPSA) is 94.2 Å². The molecule has 8 heteroatoms. The number of esters is 1. The Hall–Kier alpha value is -3.55. The van der Waals surface area contributed by atoms with Crippen molar-refractivity contribution in [3.63, 3.8) is 0 Å². The molecule has 158 valence electrons. The van der Waals surface area contributed by atoms with Gasteiger partial charge in [0.05, 0.1) is 25.5 Å². The molecule has 1 N–H and O–H groups in total. The van der Waals surface area contributed by atoms with Crippen LogP contribution in [0.1, 0.15) is 28.8 Å². The summed E-state index contributed by atoms with van der Waals surface area (Å²) in [6, 6.07) is 11.8. The number of nitrogens with zero attached hydrogens (tertiary/aromatic N) is 1. The molecule has 2 amide bonds. The third-order valence-electron chi connectivity index (χ3n) is 4.75. The molecule has 0 spiro atoms. The quantitative estimate of drug-likeness (QED) is 0.670. The Kier molecular flexibility index (Phi) is 6.90. The highest BCUT2D eigenvalue weighted by Gasteiger charge is 2.20. The molecule has 0 bridgehead atoms. The van der Waals surface area contributed by atoms with Gasteiger partial charge in [-0.3, -0.25) is 9.59 Å². The highest BCUT2D eigenvalue weighted by molar-refractivity contribution is 5.96. The van der Waals surface area contributed by atoms with E-state index in [9.17, 15) is 14.4 Å². The molecule has 1 aliphatic heterocycles. The number of likely N-dealkylation sites (tertiary alicyclic amines) is 1. The molecule has 3 rings (SSSR count). The normalized spacial score (nSPS) is 13.1. The van der Waals surface area contributed by atoms with Crippen molar-refractivity contribution in [2.24, 2.45) is 0 Å². The second-order valence-electron chi connectivity index (χ2n) is 6.81. The van der Waals surface area contributed by atoms with Gasteiger partial charge in [-0.05, 0) is 36.2 Å². The molecule has 1 heterocycles. The number of carbonyl (C=O) groups excluding carboxylic acids is 3. The van der Waals surface area contributed by atoms with E-state index in [0.717, 1.165) is 18.5 Å². The molecule has 1 aliphatic rings. The summed E-state index contributed by atoms with van der Waals surface area (Å²) >= 11 is 0. The van der Waals surface area contributed by atoms with Crippen LogP contribution in [0.25, 0.3) is 0 Å². The minimum atomic E-state index is -0.605. The van der Waals surface area contributed by atoms with Crippen LogP contribution in [-0.2, 0) is 20.9 Å². The van der Waals surface area contributed by atoms with Crippen molar-refractivity contribution in [1.82, 2.24) is 4.90 Å². The molecule has 8 nitrogen and oxygen atoms in total. The average molecular weight is 412 g/mol. The van der Waals surface area contributed by atoms with Crippen molar-refractivity contribution < 1.29 is 28.6 Å². The van der Waals surface area contributed by atoms with Crippen LogP contribution >= 0.6 is 0 Å². The van der Waals surface area contributed by atoms with Crippen molar-refractivity contribution in [3.05, 3.63) is 53.6 Å². The lowest BCUT2D eigenvalue weighted by Crippen LogP contribution is -2.23. The number of rotatable bonds is 8. The maximum atomic E-state index is 12.2. The van der Waals surface area contributed by atoms with E-state index in [4.69, 9.17) is 14.2 Å². The van der Waals surface area contributed by atoms with Gasteiger partial charge >= 0.3 is 5.97 Å². The molecule has 0 unspecified atom stereocenters. The number of hydrogen-bond acceptors (Lipinski definition) is 6. The fourth-order valence-corrected chi connectivity index (χ4v) is 3.15. The molecule has 0 saturated carbocycles. The highest BCUT2D eigenvalue weighted by Crippen LogP contribution is 2.28. The Bertz CT molecular complexity index is 926. The standard InChI is InChI=1S/C22H24N2O6/c1-28-17-9-10-19(29-2)18(12-17)23-20(25)14-30-22(27)16-7-5-15(6-8-16)13-24-11-3-4-21(24)26/h5-10,12H,3-4,11,13-14H2,1-2H3,(H,23,25). The number of hydrogen-bond donors (Lipinski definition) is 1. The van der Waals surface area contributed by atoms with E-state index < -0.39 is 18.5 Å². The summed E-state index contributed by atoms with van der Waals surface area (Å²) in [5, 5.41) is 2.64. The zero-order valence-electron chi connectivity index (χ0n) is 17.0. The largest absolute Gasteiger partial charge is 0.497 e. The van der Waals surface area contributed by atoms with Gasteiger partial charge in [0.25, 0.3) is 5.91 Å². The van der Waals surface area contributed by atoms with Crippen LogP contribution in [0.15, 0.2) is 42.5 Å². The second-order valence-corrected chi connectivity index (χ2v) is 6.81. The Labute approximate surface area is 174 Å². The van der Waals surface area contributed by atoms with Crippen molar-refractivity contribution >= 4 is 23.5 Å². The Morgan fingerprint density at radius 3 is 2.47 bits per heavy atom. The molecule has 0 aliphatic carbocycles. The minimum absolute atomic E-state index is 0.150. The van der Waals surface area contributed by atoms with E-state index in [1.54, 1.807) is 47.4 Å². The monoisotopic (exact) mass is 412 g/mol. The number of benzene rings is 2. The van der Waals surface area contributed by atoms with Gasteiger partial charge in [-0.15, -0.1) is 0 Å². The van der Waals surface area contributed by atoms with Crippen LogP contribution in [0.4, 0.5) is 5.69 Å². The van der Waals surface area contributed by atoms with Crippen LogP contribution < -0.4 is 14.8 Å². The van der Waals surface area contributed by atoms with E-state index in [1.165, 1.54) is 14.2 Å². The van der Waals surface area contributed by atoms with Gasteiger partial charge in [0.1, 0.15) is 11.5 Å². The molecule has 1 saturated heterocycles. The fraction of sp³-hybridized carbons (Fsp3) is 0.318. The van der Waals surface area contributed by atoms with Crippen LogP contribution in [0.2, 0.25) is 0 Å². The van der Waals surface area contributed by atoms with Gasteiger partial charge in [-0.1, -0.05) is 12.1 Å². The summed E-state index contributed by atoms with van der Waals surface area (Å²) in [4.78, 5) is 37.9. The number of amides is 2. The summed E-state index contributed by atoms with van der Waals surface area (Å²) in [5.41, 5.74) is 1.68. The van der Waals surface area contributed by atoms with Crippen LogP contribution in [-0.4, -0.2) is 50.1 Å². The lowest BCUT2D eigenvalue weighted by Gasteiger charge is -2.15.